The standard InChI is InChI=1S/C6H12INS/c1-8(9-7)6-4-2-3-5-6/h6H,2-5H2,1H3. The van der Waals surface area contributed by atoms with Gasteiger partial charge in [0.2, 0.25) is 0 Å². The molecule has 1 aliphatic carbocycles. The number of hydrogen-bond acceptors (Lipinski definition) is 2. The highest BCUT2D eigenvalue weighted by Gasteiger charge is 2.18. The van der Waals surface area contributed by atoms with Crippen LogP contribution in [0.4, 0.5) is 0 Å². The van der Waals surface area contributed by atoms with Crippen molar-refractivity contribution in [2.24, 2.45) is 0 Å². The Morgan fingerprint density at radius 1 is 1.44 bits per heavy atom. The van der Waals surface area contributed by atoms with E-state index < -0.39 is 0 Å². The minimum Gasteiger partial charge on any atom is -0.242 e. The molecule has 0 N–H and O–H groups in total. The zero-order valence-corrected chi connectivity index (χ0v) is 8.61. The van der Waals surface area contributed by atoms with Crippen LogP contribution < -0.4 is 0 Å². The highest BCUT2D eigenvalue weighted by Crippen LogP contribution is 2.29. The molecule has 1 saturated carbocycles. The number of nitrogens with zero attached hydrogens (tertiary/aromatic N) is 1. The molecule has 0 aliphatic heterocycles. The summed E-state index contributed by atoms with van der Waals surface area (Å²) in [5.74, 6) is 0. The van der Waals surface area contributed by atoms with Gasteiger partial charge in [-0.25, -0.2) is 4.31 Å². The summed E-state index contributed by atoms with van der Waals surface area (Å²) in [7, 11) is 4.01. The van der Waals surface area contributed by atoms with Crippen molar-refractivity contribution in [2.75, 3.05) is 7.05 Å². The monoisotopic (exact) mass is 257 g/mol. The maximum absolute atomic E-state index is 2.37. The SMILES string of the molecule is CN(SI)C1CCCC1. The summed E-state index contributed by atoms with van der Waals surface area (Å²) in [6.07, 6.45) is 5.69. The van der Waals surface area contributed by atoms with E-state index in [0.29, 0.717) is 0 Å². The Hall–Kier alpha value is 1.04. The predicted octanol–water partition coefficient (Wildman–Crippen LogP) is 2.86. The highest BCUT2D eigenvalue weighted by atomic mass is 127. The molecule has 0 saturated heterocycles. The first-order chi connectivity index (χ1) is 4.34. The van der Waals surface area contributed by atoms with E-state index >= 15 is 0 Å². The van der Waals surface area contributed by atoms with Crippen LogP contribution in [-0.4, -0.2) is 17.4 Å². The molecule has 0 aromatic carbocycles. The van der Waals surface area contributed by atoms with Crippen LogP contribution in [0.25, 0.3) is 0 Å². The summed E-state index contributed by atoms with van der Waals surface area (Å²) < 4.78 is 2.37. The molecule has 0 atom stereocenters. The molecule has 0 heterocycles. The van der Waals surface area contributed by atoms with Gasteiger partial charge in [0, 0.05) is 27.2 Å². The molecule has 1 fully saturated rings. The average molecular weight is 257 g/mol. The maximum Gasteiger partial charge on any atom is 0.0206 e. The molecule has 1 nitrogen and oxygen atoms in total. The molecule has 0 amide bonds. The van der Waals surface area contributed by atoms with Gasteiger partial charge in [0.05, 0.1) is 0 Å². The molecule has 0 spiro atoms. The van der Waals surface area contributed by atoms with Gasteiger partial charge in [0.25, 0.3) is 0 Å². The van der Waals surface area contributed by atoms with Crippen molar-refractivity contribution in [1.82, 2.24) is 4.31 Å². The lowest BCUT2D eigenvalue weighted by atomic mass is 10.3. The molecule has 0 aromatic rings. The van der Waals surface area contributed by atoms with E-state index in [9.17, 15) is 0 Å². The molecule has 0 radical (unpaired) electrons. The Morgan fingerprint density at radius 3 is 2.44 bits per heavy atom. The quantitative estimate of drug-likeness (QED) is 0.552. The normalized spacial score (nSPS) is 21.7. The lowest BCUT2D eigenvalue weighted by Crippen LogP contribution is -2.20. The summed E-state index contributed by atoms with van der Waals surface area (Å²) in [5.41, 5.74) is 0. The number of halogens is 1. The predicted molar refractivity (Wildman–Crippen MR) is 51.6 cm³/mol. The third-order valence-corrected chi connectivity index (χ3v) is 4.33. The lowest BCUT2D eigenvalue weighted by Gasteiger charge is -2.18. The van der Waals surface area contributed by atoms with Gasteiger partial charge in [-0.1, -0.05) is 12.8 Å². The van der Waals surface area contributed by atoms with Crippen molar-refractivity contribution in [2.45, 2.75) is 31.7 Å². The first-order valence-corrected chi connectivity index (χ1v) is 6.67. The summed E-state index contributed by atoms with van der Waals surface area (Å²) in [6, 6.07) is 0.867. The fraction of sp³-hybridized carbons (Fsp3) is 1.00. The molecule has 0 unspecified atom stereocenters. The van der Waals surface area contributed by atoms with Crippen LogP contribution in [0.3, 0.4) is 0 Å². The Bertz CT molecular complexity index is 83.1. The first kappa shape index (κ1) is 8.14. The van der Waals surface area contributed by atoms with Crippen molar-refractivity contribution >= 4 is 30.3 Å². The van der Waals surface area contributed by atoms with Crippen molar-refractivity contribution in [3.63, 3.8) is 0 Å². The molecule has 3 heteroatoms. The molecule has 1 aliphatic rings. The molecule has 0 aromatic heterocycles. The van der Waals surface area contributed by atoms with Crippen molar-refractivity contribution in [1.29, 1.82) is 0 Å². The smallest absolute Gasteiger partial charge is 0.0206 e. The first-order valence-electron chi connectivity index (χ1n) is 3.36. The molecular formula is C6H12INS. The number of hydrogen-bond donors (Lipinski definition) is 0. The van der Waals surface area contributed by atoms with Gasteiger partial charge in [0.1, 0.15) is 0 Å². The molecule has 9 heavy (non-hydrogen) atoms. The Kier molecular flexibility index (Phi) is 3.65. The second kappa shape index (κ2) is 4.03. The minimum atomic E-state index is 0.867. The van der Waals surface area contributed by atoms with Crippen LogP contribution in [0.2, 0.25) is 0 Å². The number of rotatable bonds is 2. The zero-order chi connectivity index (χ0) is 6.69. The largest absolute Gasteiger partial charge is 0.242 e. The Balaban J connectivity index is 2.24. The summed E-state index contributed by atoms with van der Waals surface area (Å²) in [4.78, 5) is 0. The van der Waals surface area contributed by atoms with Crippen LogP contribution in [-0.2, 0) is 0 Å². The summed E-state index contributed by atoms with van der Waals surface area (Å²) in [5, 5.41) is 0. The van der Waals surface area contributed by atoms with E-state index in [1.165, 1.54) is 25.7 Å². The van der Waals surface area contributed by atoms with Crippen LogP contribution >= 0.6 is 30.3 Å². The molecule has 0 bridgehead atoms. The van der Waals surface area contributed by atoms with Crippen molar-refractivity contribution in [3.8, 4) is 0 Å². The van der Waals surface area contributed by atoms with Crippen molar-refractivity contribution < 1.29 is 0 Å². The van der Waals surface area contributed by atoms with Crippen LogP contribution in [0.1, 0.15) is 25.7 Å². The van der Waals surface area contributed by atoms with Crippen LogP contribution in [0, 0.1) is 0 Å². The van der Waals surface area contributed by atoms with Gasteiger partial charge in [-0.05, 0) is 29.0 Å². The van der Waals surface area contributed by atoms with Crippen LogP contribution in [0.15, 0.2) is 0 Å². The topological polar surface area (TPSA) is 3.24 Å². The van der Waals surface area contributed by atoms with Crippen molar-refractivity contribution in [3.05, 3.63) is 0 Å². The molecule has 54 valence electrons. The molecular weight excluding hydrogens is 245 g/mol. The van der Waals surface area contributed by atoms with Gasteiger partial charge in [0.15, 0.2) is 0 Å². The summed E-state index contributed by atoms with van der Waals surface area (Å²) in [6.45, 7) is 0. The van der Waals surface area contributed by atoms with Gasteiger partial charge >= 0.3 is 0 Å². The third-order valence-electron chi connectivity index (χ3n) is 1.95. The fourth-order valence-electron chi connectivity index (χ4n) is 1.32. The lowest BCUT2D eigenvalue weighted by molar-refractivity contribution is 0.420. The van der Waals surface area contributed by atoms with Gasteiger partial charge < -0.3 is 0 Å². The maximum atomic E-state index is 2.37. The highest BCUT2D eigenvalue weighted by molar-refractivity contribution is 14.2. The van der Waals surface area contributed by atoms with Gasteiger partial charge in [-0.3, -0.25) is 0 Å². The Labute approximate surface area is 73.3 Å². The van der Waals surface area contributed by atoms with Gasteiger partial charge in [-0.15, -0.1) is 0 Å². The zero-order valence-electron chi connectivity index (χ0n) is 5.64. The fourth-order valence-corrected chi connectivity index (χ4v) is 2.61. The van der Waals surface area contributed by atoms with E-state index in [-0.39, 0.29) is 0 Å². The third kappa shape index (κ3) is 2.27. The van der Waals surface area contributed by atoms with E-state index in [2.05, 4.69) is 32.6 Å². The minimum absolute atomic E-state index is 0.867. The van der Waals surface area contributed by atoms with E-state index in [0.717, 1.165) is 6.04 Å². The second-order valence-corrected chi connectivity index (χ2v) is 4.45. The van der Waals surface area contributed by atoms with E-state index in [4.69, 9.17) is 0 Å². The average Bonchev–Trinajstić information content (AvgIpc) is 2.37. The Morgan fingerprint density at radius 2 is 2.00 bits per heavy atom. The van der Waals surface area contributed by atoms with E-state index in [1.807, 2.05) is 9.12 Å². The van der Waals surface area contributed by atoms with E-state index in [1.54, 1.807) is 0 Å². The van der Waals surface area contributed by atoms with Gasteiger partial charge in [-0.2, -0.15) is 0 Å². The van der Waals surface area contributed by atoms with Crippen LogP contribution in [0.5, 0.6) is 0 Å². The summed E-state index contributed by atoms with van der Waals surface area (Å²) >= 11 is 2.35. The molecule has 1 rings (SSSR count). The second-order valence-electron chi connectivity index (χ2n) is 2.55.